The number of rotatable bonds is 8. The minimum Gasteiger partial charge on any atom is -0.466 e. The van der Waals surface area contributed by atoms with Gasteiger partial charge in [-0.25, -0.2) is 4.79 Å². The molecular formula is C16H30O5Si. The fraction of sp³-hybridized carbons (Fsp3) is 0.750. The molecule has 0 N–H and O–H groups in total. The van der Waals surface area contributed by atoms with E-state index in [1.807, 2.05) is 0 Å². The molecule has 0 bridgehead atoms. The maximum Gasteiger partial charge on any atom is 0.330 e. The first-order valence-corrected chi connectivity index (χ1v) is 10.5. The monoisotopic (exact) mass is 330 g/mol. The molecule has 0 aromatic carbocycles. The minimum absolute atomic E-state index is 0.0476. The highest BCUT2D eigenvalue weighted by Gasteiger charge is 2.39. The molecule has 0 saturated heterocycles. The zero-order valence-corrected chi connectivity index (χ0v) is 15.9. The molecule has 0 radical (unpaired) electrons. The van der Waals surface area contributed by atoms with E-state index in [0.29, 0.717) is 13.0 Å². The standard InChI is InChI=1S/C16H30O5Si/c1-8-20-15(18)12-13(10-9-11-14(17)19-5)21-22(6,7)16(2,3)4/h9,11,13H,8,10,12H2,1-7H3/b11-9+/t13-/m0/s1. The molecule has 0 fully saturated rings. The van der Waals surface area contributed by atoms with Gasteiger partial charge >= 0.3 is 11.9 Å². The lowest BCUT2D eigenvalue weighted by Crippen LogP contribution is -2.44. The Balaban J connectivity index is 4.89. The Bertz CT molecular complexity index is 396. The average Bonchev–Trinajstić information content (AvgIpc) is 2.36. The van der Waals surface area contributed by atoms with Gasteiger partial charge in [-0.05, 0) is 31.5 Å². The highest BCUT2D eigenvalue weighted by atomic mass is 28.4. The van der Waals surface area contributed by atoms with Crippen molar-refractivity contribution in [1.29, 1.82) is 0 Å². The summed E-state index contributed by atoms with van der Waals surface area (Å²) >= 11 is 0. The summed E-state index contributed by atoms with van der Waals surface area (Å²) in [5.41, 5.74) is 0. The summed E-state index contributed by atoms with van der Waals surface area (Å²) in [5, 5.41) is 0.0476. The molecule has 128 valence electrons. The Morgan fingerprint density at radius 2 is 1.82 bits per heavy atom. The van der Waals surface area contributed by atoms with E-state index in [1.54, 1.807) is 13.0 Å². The van der Waals surface area contributed by atoms with E-state index >= 15 is 0 Å². The van der Waals surface area contributed by atoms with Crippen LogP contribution < -0.4 is 0 Å². The molecule has 5 nitrogen and oxygen atoms in total. The summed E-state index contributed by atoms with van der Waals surface area (Å²) in [6, 6.07) is 0. The molecule has 0 heterocycles. The summed E-state index contributed by atoms with van der Waals surface area (Å²) in [6.07, 6.45) is 3.41. The first-order chi connectivity index (χ1) is 10.0. The molecule has 0 saturated carbocycles. The second kappa shape index (κ2) is 9.10. The smallest absolute Gasteiger partial charge is 0.330 e. The van der Waals surface area contributed by atoms with Crippen molar-refractivity contribution in [2.75, 3.05) is 13.7 Å². The quantitative estimate of drug-likeness (QED) is 0.387. The molecule has 0 rings (SSSR count). The molecule has 1 atom stereocenters. The van der Waals surface area contributed by atoms with E-state index in [2.05, 4.69) is 38.6 Å². The Labute approximate surface area is 135 Å². The molecule has 0 aromatic rings. The highest BCUT2D eigenvalue weighted by Crippen LogP contribution is 2.38. The van der Waals surface area contributed by atoms with Gasteiger partial charge in [-0.2, -0.15) is 0 Å². The van der Waals surface area contributed by atoms with Gasteiger partial charge in [0.25, 0.3) is 0 Å². The lowest BCUT2D eigenvalue weighted by Gasteiger charge is -2.39. The predicted octanol–water partition coefficient (Wildman–Crippen LogP) is 3.45. The van der Waals surface area contributed by atoms with Crippen LogP contribution in [0.1, 0.15) is 40.5 Å². The molecule has 22 heavy (non-hydrogen) atoms. The lowest BCUT2D eigenvalue weighted by molar-refractivity contribution is -0.145. The fourth-order valence-corrected chi connectivity index (χ4v) is 2.92. The Hall–Kier alpha value is -1.14. The fourth-order valence-electron chi connectivity index (χ4n) is 1.56. The third-order valence-corrected chi connectivity index (χ3v) is 8.36. The maximum absolute atomic E-state index is 11.7. The van der Waals surface area contributed by atoms with Gasteiger partial charge < -0.3 is 13.9 Å². The van der Waals surface area contributed by atoms with Crippen molar-refractivity contribution in [3.8, 4) is 0 Å². The van der Waals surface area contributed by atoms with Crippen LogP contribution in [-0.2, 0) is 23.5 Å². The van der Waals surface area contributed by atoms with Gasteiger partial charge in [0.15, 0.2) is 8.32 Å². The largest absolute Gasteiger partial charge is 0.466 e. The zero-order valence-electron chi connectivity index (χ0n) is 14.9. The van der Waals surface area contributed by atoms with Gasteiger partial charge in [0.1, 0.15) is 0 Å². The summed E-state index contributed by atoms with van der Waals surface area (Å²) < 4.78 is 15.8. The second-order valence-electron chi connectivity index (χ2n) is 6.67. The number of hydrogen-bond acceptors (Lipinski definition) is 5. The number of esters is 2. The molecule has 0 aromatic heterocycles. The second-order valence-corrected chi connectivity index (χ2v) is 11.4. The molecular weight excluding hydrogens is 300 g/mol. The molecule has 0 spiro atoms. The minimum atomic E-state index is -2.00. The number of carbonyl (C=O) groups is 2. The van der Waals surface area contributed by atoms with Crippen molar-refractivity contribution in [3.05, 3.63) is 12.2 Å². The van der Waals surface area contributed by atoms with Crippen LogP contribution in [0, 0.1) is 0 Å². The van der Waals surface area contributed by atoms with Gasteiger partial charge in [-0.15, -0.1) is 0 Å². The van der Waals surface area contributed by atoms with Crippen LogP contribution in [0.4, 0.5) is 0 Å². The SMILES string of the molecule is CCOC(=O)C[C@H](C/C=C/C(=O)OC)O[Si](C)(C)C(C)(C)C. The first kappa shape index (κ1) is 20.9. The Morgan fingerprint density at radius 1 is 1.23 bits per heavy atom. The van der Waals surface area contributed by atoms with Crippen molar-refractivity contribution in [2.45, 2.75) is 64.8 Å². The number of carbonyl (C=O) groups excluding carboxylic acids is 2. The summed E-state index contributed by atoms with van der Waals surface area (Å²) in [5.74, 6) is -0.695. The van der Waals surface area contributed by atoms with E-state index in [-0.39, 0.29) is 23.5 Å². The summed E-state index contributed by atoms with van der Waals surface area (Å²) in [7, 11) is -0.673. The van der Waals surface area contributed by atoms with E-state index in [1.165, 1.54) is 13.2 Å². The van der Waals surface area contributed by atoms with Crippen molar-refractivity contribution in [2.24, 2.45) is 0 Å². The lowest BCUT2D eigenvalue weighted by atomic mass is 10.2. The van der Waals surface area contributed by atoms with Crippen molar-refractivity contribution in [3.63, 3.8) is 0 Å². The van der Waals surface area contributed by atoms with Crippen molar-refractivity contribution < 1.29 is 23.5 Å². The first-order valence-electron chi connectivity index (χ1n) is 7.61. The van der Waals surface area contributed by atoms with Crippen LogP contribution in [0.25, 0.3) is 0 Å². The van der Waals surface area contributed by atoms with Gasteiger partial charge in [-0.3, -0.25) is 4.79 Å². The van der Waals surface area contributed by atoms with Crippen LogP contribution in [-0.4, -0.2) is 40.1 Å². The number of methoxy groups -OCH3 is 1. The molecule has 0 aliphatic heterocycles. The van der Waals surface area contributed by atoms with Gasteiger partial charge in [-0.1, -0.05) is 26.8 Å². The third kappa shape index (κ3) is 7.75. The van der Waals surface area contributed by atoms with Crippen LogP contribution in [0.2, 0.25) is 18.1 Å². The van der Waals surface area contributed by atoms with Crippen LogP contribution in [0.3, 0.4) is 0 Å². The van der Waals surface area contributed by atoms with Gasteiger partial charge in [0, 0.05) is 6.08 Å². The predicted molar refractivity (Wildman–Crippen MR) is 89.1 cm³/mol. The molecule has 6 heteroatoms. The van der Waals surface area contributed by atoms with E-state index < -0.39 is 14.3 Å². The molecule has 0 aliphatic rings. The molecule has 0 aliphatic carbocycles. The van der Waals surface area contributed by atoms with Crippen molar-refractivity contribution in [1.82, 2.24) is 0 Å². The average molecular weight is 330 g/mol. The normalized spacial score (nSPS) is 14.0. The topological polar surface area (TPSA) is 61.8 Å². The summed E-state index contributed by atoms with van der Waals surface area (Å²) in [4.78, 5) is 22.9. The van der Waals surface area contributed by atoms with Gasteiger partial charge in [0.2, 0.25) is 0 Å². The van der Waals surface area contributed by atoms with Crippen LogP contribution >= 0.6 is 0 Å². The number of ether oxygens (including phenoxy) is 2. The summed E-state index contributed by atoms with van der Waals surface area (Å²) in [6.45, 7) is 12.8. The van der Waals surface area contributed by atoms with Crippen molar-refractivity contribution >= 4 is 20.3 Å². The Kier molecular flexibility index (Phi) is 8.63. The van der Waals surface area contributed by atoms with Crippen LogP contribution in [0.5, 0.6) is 0 Å². The highest BCUT2D eigenvalue weighted by molar-refractivity contribution is 6.74. The molecule has 0 unspecified atom stereocenters. The van der Waals surface area contributed by atoms with E-state index in [9.17, 15) is 9.59 Å². The van der Waals surface area contributed by atoms with E-state index in [4.69, 9.17) is 9.16 Å². The Morgan fingerprint density at radius 3 is 2.27 bits per heavy atom. The van der Waals surface area contributed by atoms with Gasteiger partial charge in [0.05, 0.1) is 26.2 Å². The maximum atomic E-state index is 11.7. The third-order valence-electron chi connectivity index (χ3n) is 3.82. The van der Waals surface area contributed by atoms with E-state index in [0.717, 1.165) is 0 Å². The number of hydrogen-bond donors (Lipinski definition) is 0. The molecule has 0 amide bonds. The van der Waals surface area contributed by atoms with Crippen LogP contribution in [0.15, 0.2) is 12.2 Å². The zero-order chi connectivity index (χ0) is 17.4.